The van der Waals surface area contributed by atoms with E-state index in [1.807, 2.05) is 19.1 Å². The first-order valence-corrected chi connectivity index (χ1v) is 7.24. The van der Waals surface area contributed by atoms with Gasteiger partial charge >= 0.3 is 0 Å². The molecule has 0 saturated heterocycles. The summed E-state index contributed by atoms with van der Waals surface area (Å²) < 4.78 is 19.4. The van der Waals surface area contributed by atoms with Crippen LogP contribution in [-0.2, 0) is 6.61 Å². The minimum Gasteiger partial charge on any atom is -0.486 e. The molecule has 0 aliphatic rings. The summed E-state index contributed by atoms with van der Waals surface area (Å²) in [6.07, 6.45) is 0. The second-order valence-electron chi connectivity index (χ2n) is 5.66. The Hall–Kier alpha value is -1.87. The molecule has 0 bridgehead atoms. The fraction of sp³-hybridized carbons (Fsp3) is 0.333. The van der Waals surface area contributed by atoms with Crippen molar-refractivity contribution in [1.82, 2.24) is 0 Å². The number of halogens is 1. The van der Waals surface area contributed by atoms with Crippen molar-refractivity contribution in [2.75, 3.05) is 0 Å². The van der Waals surface area contributed by atoms with E-state index in [1.165, 1.54) is 11.6 Å². The lowest BCUT2D eigenvalue weighted by atomic mass is 10.0. The molecule has 0 spiro atoms. The zero-order chi connectivity index (χ0) is 15.4. The van der Waals surface area contributed by atoms with E-state index >= 15 is 0 Å². The summed E-state index contributed by atoms with van der Waals surface area (Å²) in [5.41, 5.74) is 8.80. The Morgan fingerprint density at radius 1 is 1.00 bits per heavy atom. The van der Waals surface area contributed by atoms with Crippen molar-refractivity contribution in [2.45, 2.75) is 39.3 Å². The van der Waals surface area contributed by atoms with Gasteiger partial charge in [0.2, 0.25) is 0 Å². The van der Waals surface area contributed by atoms with Gasteiger partial charge in [-0.15, -0.1) is 0 Å². The quantitative estimate of drug-likeness (QED) is 0.875. The lowest BCUT2D eigenvalue weighted by Gasteiger charge is -2.11. The average molecular weight is 287 g/mol. The summed E-state index contributed by atoms with van der Waals surface area (Å²) in [6.45, 7) is 6.49. The van der Waals surface area contributed by atoms with E-state index in [-0.39, 0.29) is 17.6 Å². The number of ether oxygens (including phenoxy) is 1. The number of hydrogen-bond donors (Lipinski definition) is 1. The molecule has 0 amide bonds. The second-order valence-corrected chi connectivity index (χ2v) is 5.66. The molecule has 0 radical (unpaired) electrons. The van der Waals surface area contributed by atoms with Gasteiger partial charge in [-0.1, -0.05) is 44.2 Å². The van der Waals surface area contributed by atoms with E-state index in [9.17, 15) is 4.39 Å². The molecular weight excluding hydrogens is 265 g/mol. The van der Waals surface area contributed by atoms with Crippen LogP contribution in [0.5, 0.6) is 5.75 Å². The van der Waals surface area contributed by atoms with Crippen LogP contribution in [0.2, 0.25) is 0 Å². The third-order valence-corrected chi connectivity index (χ3v) is 3.52. The van der Waals surface area contributed by atoms with Crippen LogP contribution in [0.3, 0.4) is 0 Å². The van der Waals surface area contributed by atoms with E-state index in [0.717, 1.165) is 11.1 Å². The molecule has 2 rings (SSSR count). The molecule has 2 nitrogen and oxygen atoms in total. The van der Waals surface area contributed by atoms with Gasteiger partial charge in [0.15, 0.2) is 11.6 Å². The van der Waals surface area contributed by atoms with E-state index < -0.39 is 0 Å². The van der Waals surface area contributed by atoms with Crippen molar-refractivity contribution in [2.24, 2.45) is 5.73 Å². The Bertz CT molecular complexity index is 591. The van der Waals surface area contributed by atoms with Crippen molar-refractivity contribution >= 4 is 0 Å². The third-order valence-electron chi connectivity index (χ3n) is 3.52. The highest BCUT2D eigenvalue weighted by molar-refractivity contribution is 5.31. The van der Waals surface area contributed by atoms with E-state index in [0.29, 0.717) is 12.5 Å². The first kappa shape index (κ1) is 15.5. The number of benzene rings is 2. The summed E-state index contributed by atoms with van der Waals surface area (Å²) in [6, 6.07) is 12.9. The first-order chi connectivity index (χ1) is 9.97. The number of hydrogen-bond acceptors (Lipinski definition) is 2. The largest absolute Gasteiger partial charge is 0.486 e. The maximum atomic E-state index is 13.9. The van der Waals surface area contributed by atoms with Gasteiger partial charge in [-0.25, -0.2) is 4.39 Å². The van der Waals surface area contributed by atoms with Crippen LogP contribution in [0.15, 0.2) is 42.5 Å². The summed E-state index contributed by atoms with van der Waals surface area (Å²) in [7, 11) is 0. The van der Waals surface area contributed by atoms with Crippen molar-refractivity contribution in [1.29, 1.82) is 0 Å². The van der Waals surface area contributed by atoms with E-state index in [1.54, 1.807) is 12.1 Å². The van der Waals surface area contributed by atoms with Gasteiger partial charge in [-0.3, -0.25) is 0 Å². The van der Waals surface area contributed by atoms with Crippen LogP contribution in [0.4, 0.5) is 4.39 Å². The zero-order valence-corrected chi connectivity index (χ0v) is 12.8. The van der Waals surface area contributed by atoms with Gasteiger partial charge in [-0.2, -0.15) is 0 Å². The molecule has 0 saturated carbocycles. The minimum atomic E-state index is -0.372. The monoisotopic (exact) mass is 287 g/mol. The van der Waals surface area contributed by atoms with Crippen LogP contribution in [0.1, 0.15) is 49.4 Å². The Balaban J connectivity index is 2.02. The molecule has 2 aromatic carbocycles. The molecular formula is C18H22FNO. The highest BCUT2D eigenvalue weighted by Crippen LogP contribution is 2.22. The zero-order valence-electron chi connectivity index (χ0n) is 12.8. The predicted molar refractivity (Wildman–Crippen MR) is 83.9 cm³/mol. The third kappa shape index (κ3) is 4.05. The normalized spacial score (nSPS) is 12.5. The van der Waals surface area contributed by atoms with Crippen molar-refractivity contribution < 1.29 is 9.13 Å². The smallest absolute Gasteiger partial charge is 0.165 e. The molecule has 1 unspecified atom stereocenters. The number of nitrogens with two attached hydrogens (primary N) is 1. The van der Waals surface area contributed by atoms with Gasteiger partial charge < -0.3 is 10.5 Å². The van der Waals surface area contributed by atoms with Crippen LogP contribution in [-0.4, -0.2) is 0 Å². The van der Waals surface area contributed by atoms with Crippen LogP contribution in [0.25, 0.3) is 0 Å². The van der Waals surface area contributed by atoms with Gasteiger partial charge in [0.1, 0.15) is 6.61 Å². The summed E-state index contributed by atoms with van der Waals surface area (Å²) in [5.74, 6) is 0.388. The number of rotatable bonds is 5. The SMILES string of the molecule is CC(C)c1ccc(COc2ccc(C(C)N)cc2F)cc1. The minimum absolute atomic E-state index is 0.183. The maximum Gasteiger partial charge on any atom is 0.165 e. The van der Waals surface area contributed by atoms with Crippen LogP contribution in [0, 0.1) is 5.82 Å². The molecule has 2 aromatic rings. The Morgan fingerprint density at radius 2 is 1.62 bits per heavy atom. The summed E-state index contributed by atoms with van der Waals surface area (Å²) in [4.78, 5) is 0. The molecule has 0 fully saturated rings. The fourth-order valence-corrected chi connectivity index (χ4v) is 2.08. The van der Waals surface area contributed by atoms with E-state index in [2.05, 4.69) is 26.0 Å². The predicted octanol–water partition coefficient (Wildman–Crippen LogP) is 4.55. The summed E-state index contributed by atoms with van der Waals surface area (Å²) in [5, 5.41) is 0. The van der Waals surface area contributed by atoms with Gasteiger partial charge in [-0.05, 0) is 41.7 Å². The molecule has 0 aliphatic heterocycles. The Labute approximate surface area is 125 Å². The standard InChI is InChI=1S/C18H22FNO/c1-12(2)15-6-4-14(5-7-15)11-21-18-9-8-16(13(3)20)10-17(18)19/h4-10,12-13H,11,20H2,1-3H3. The molecule has 2 N–H and O–H groups in total. The van der Waals surface area contributed by atoms with E-state index in [4.69, 9.17) is 10.5 Å². The fourth-order valence-electron chi connectivity index (χ4n) is 2.08. The lowest BCUT2D eigenvalue weighted by Crippen LogP contribution is -2.06. The molecule has 0 heterocycles. The highest BCUT2D eigenvalue weighted by Gasteiger charge is 2.07. The van der Waals surface area contributed by atoms with Crippen LogP contribution >= 0.6 is 0 Å². The van der Waals surface area contributed by atoms with Gasteiger partial charge in [0.05, 0.1) is 0 Å². The van der Waals surface area contributed by atoms with Gasteiger partial charge in [0.25, 0.3) is 0 Å². The molecule has 112 valence electrons. The lowest BCUT2D eigenvalue weighted by molar-refractivity contribution is 0.290. The van der Waals surface area contributed by atoms with Crippen LogP contribution < -0.4 is 10.5 Å². The first-order valence-electron chi connectivity index (χ1n) is 7.24. The molecule has 0 aliphatic carbocycles. The summed E-state index contributed by atoms with van der Waals surface area (Å²) >= 11 is 0. The van der Waals surface area contributed by atoms with Crippen molar-refractivity contribution in [3.8, 4) is 5.75 Å². The average Bonchev–Trinajstić information content (AvgIpc) is 2.46. The Kier molecular flexibility index (Phi) is 4.97. The molecule has 1 atom stereocenters. The molecule has 21 heavy (non-hydrogen) atoms. The van der Waals surface area contributed by atoms with Gasteiger partial charge in [0, 0.05) is 6.04 Å². The highest BCUT2D eigenvalue weighted by atomic mass is 19.1. The molecule has 3 heteroatoms. The molecule has 0 aromatic heterocycles. The topological polar surface area (TPSA) is 35.2 Å². The van der Waals surface area contributed by atoms with Crippen molar-refractivity contribution in [3.05, 3.63) is 65.0 Å². The van der Waals surface area contributed by atoms with Crippen molar-refractivity contribution in [3.63, 3.8) is 0 Å². The second kappa shape index (κ2) is 6.72. The maximum absolute atomic E-state index is 13.9. The Morgan fingerprint density at radius 3 is 2.14 bits per heavy atom.